The summed E-state index contributed by atoms with van der Waals surface area (Å²) >= 11 is 0. The summed E-state index contributed by atoms with van der Waals surface area (Å²) in [4.78, 5) is 14.7. The highest BCUT2D eigenvalue weighted by Crippen LogP contribution is 2.16. The van der Waals surface area contributed by atoms with Crippen LogP contribution in [0, 0.1) is 0 Å². The van der Waals surface area contributed by atoms with E-state index in [1.54, 1.807) is 0 Å². The number of unbranched alkanes of at least 4 members (excludes halogenated alkanes) is 29. The van der Waals surface area contributed by atoms with Gasteiger partial charge in [0.05, 0.1) is 0 Å². The fourth-order valence-corrected chi connectivity index (χ4v) is 6.50. The Balaban J connectivity index is 2.09. The van der Waals surface area contributed by atoms with Crippen molar-refractivity contribution in [2.75, 3.05) is 0 Å². The summed E-state index contributed by atoms with van der Waals surface area (Å²) in [6.07, 6.45) is 47.8. The van der Waals surface area contributed by atoms with E-state index in [9.17, 15) is 0 Å². The molecule has 3 nitrogen and oxygen atoms in total. The van der Waals surface area contributed by atoms with Gasteiger partial charge in [-0.15, -0.1) is 0 Å². The lowest BCUT2D eigenvalue weighted by atomic mass is 10.0. The summed E-state index contributed by atoms with van der Waals surface area (Å²) in [6.45, 7) is 6.86. The van der Waals surface area contributed by atoms with E-state index in [1.807, 2.05) is 0 Å². The minimum atomic E-state index is 1.01. The van der Waals surface area contributed by atoms with Crippen LogP contribution in [0.15, 0.2) is 0 Å². The lowest BCUT2D eigenvalue weighted by molar-refractivity contribution is 0.529. The molecule has 0 N–H and O–H groups in total. The van der Waals surface area contributed by atoms with Crippen LogP contribution in [0.25, 0.3) is 0 Å². The maximum atomic E-state index is 4.93. The van der Waals surface area contributed by atoms with E-state index in [0.29, 0.717) is 0 Å². The first kappa shape index (κ1) is 41.0. The molecule has 0 bridgehead atoms. The van der Waals surface area contributed by atoms with Crippen molar-refractivity contribution in [1.82, 2.24) is 15.0 Å². The topological polar surface area (TPSA) is 38.7 Å². The number of nitrogens with zero attached hydrogens (tertiary/aromatic N) is 3. The molecule has 258 valence electrons. The average Bonchev–Trinajstić information content (AvgIpc) is 3.03. The highest BCUT2D eigenvalue weighted by molar-refractivity contribution is 4.98. The molecule has 0 unspecified atom stereocenters. The van der Waals surface area contributed by atoms with Crippen molar-refractivity contribution in [2.45, 2.75) is 245 Å². The number of aromatic nitrogens is 3. The van der Waals surface area contributed by atoms with Crippen molar-refractivity contribution in [3.05, 3.63) is 17.5 Å². The number of hydrogen-bond acceptors (Lipinski definition) is 3. The maximum absolute atomic E-state index is 4.93. The standard InChI is InChI=1S/C41H79N3/c1-4-7-10-12-14-16-18-20-22-24-26-28-30-32-34-37-40-42-39(36-9-6-3)43-41(44-40)38-35-33-31-29-27-25-23-21-19-17-15-13-11-8-5-2/h4-38H2,1-3H3. The van der Waals surface area contributed by atoms with Gasteiger partial charge in [-0.2, -0.15) is 0 Å². The fourth-order valence-electron chi connectivity index (χ4n) is 6.50. The third-order valence-corrected chi connectivity index (χ3v) is 9.54. The van der Waals surface area contributed by atoms with Crippen LogP contribution < -0.4 is 0 Å². The van der Waals surface area contributed by atoms with Crippen molar-refractivity contribution in [3.8, 4) is 0 Å². The first-order chi connectivity index (χ1) is 21.8. The normalized spacial score (nSPS) is 11.5. The van der Waals surface area contributed by atoms with Gasteiger partial charge in [0, 0.05) is 19.3 Å². The Kier molecular flexibility index (Phi) is 31.1. The quantitative estimate of drug-likeness (QED) is 0.0715. The summed E-state index contributed by atoms with van der Waals surface area (Å²) in [5.74, 6) is 3.18. The molecule has 1 aromatic heterocycles. The highest BCUT2D eigenvalue weighted by Gasteiger charge is 2.07. The lowest BCUT2D eigenvalue weighted by Gasteiger charge is -2.08. The summed E-state index contributed by atoms with van der Waals surface area (Å²) in [5, 5.41) is 0. The van der Waals surface area contributed by atoms with Gasteiger partial charge in [0.2, 0.25) is 0 Å². The zero-order valence-corrected chi connectivity index (χ0v) is 30.6. The van der Waals surface area contributed by atoms with Crippen molar-refractivity contribution in [2.24, 2.45) is 0 Å². The second-order valence-electron chi connectivity index (χ2n) is 14.1. The van der Waals surface area contributed by atoms with Gasteiger partial charge in [-0.25, -0.2) is 15.0 Å². The van der Waals surface area contributed by atoms with Gasteiger partial charge >= 0.3 is 0 Å². The van der Waals surface area contributed by atoms with Gasteiger partial charge in [0.25, 0.3) is 0 Å². The van der Waals surface area contributed by atoms with Crippen LogP contribution in [0.2, 0.25) is 0 Å². The molecule has 0 saturated carbocycles. The van der Waals surface area contributed by atoms with Gasteiger partial charge in [0.1, 0.15) is 17.5 Å². The smallest absolute Gasteiger partial charge is 0.132 e. The zero-order chi connectivity index (χ0) is 31.6. The fraction of sp³-hybridized carbons (Fsp3) is 0.927. The Hall–Kier alpha value is -0.990. The first-order valence-electron chi connectivity index (χ1n) is 20.5. The van der Waals surface area contributed by atoms with Crippen molar-refractivity contribution >= 4 is 0 Å². The third-order valence-electron chi connectivity index (χ3n) is 9.54. The Bertz CT molecular complexity index is 651. The molecule has 0 fully saturated rings. The molecule has 0 radical (unpaired) electrons. The van der Waals surface area contributed by atoms with Crippen molar-refractivity contribution in [3.63, 3.8) is 0 Å². The molecule has 1 aromatic rings. The molecule has 44 heavy (non-hydrogen) atoms. The first-order valence-corrected chi connectivity index (χ1v) is 20.5. The van der Waals surface area contributed by atoms with Crippen LogP contribution in [0.4, 0.5) is 0 Å². The Morgan fingerprint density at radius 1 is 0.227 bits per heavy atom. The van der Waals surface area contributed by atoms with Gasteiger partial charge in [0.15, 0.2) is 0 Å². The van der Waals surface area contributed by atoms with Gasteiger partial charge in [-0.3, -0.25) is 0 Å². The van der Waals surface area contributed by atoms with Gasteiger partial charge < -0.3 is 0 Å². The van der Waals surface area contributed by atoms with E-state index in [-0.39, 0.29) is 0 Å². The molecule has 0 aliphatic carbocycles. The highest BCUT2D eigenvalue weighted by atomic mass is 15.0. The van der Waals surface area contributed by atoms with E-state index >= 15 is 0 Å². The molecular formula is C41H79N3. The number of rotatable bonds is 35. The average molecular weight is 614 g/mol. The van der Waals surface area contributed by atoms with E-state index in [0.717, 1.165) is 36.7 Å². The van der Waals surface area contributed by atoms with Crippen LogP contribution in [0.5, 0.6) is 0 Å². The number of aryl methyl sites for hydroxylation is 3. The third kappa shape index (κ3) is 27.3. The van der Waals surface area contributed by atoms with Crippen LogP contribution in [-0.2, 0) is 19.3 Å². The SMILES string of the molecule is CCCCCCCCCCCCCCCCCc1nc(CCCC)nc(CCCCCCCCCCCCCCCCC)n1. The Morgan fingerprint density at radius 2 is 0.409 bits per heavy atom. The summed E-state index contributed by atoms with van der Waals surface area (Å²) in [6, 6.07) is 0. The molecule has 0 aliphatic heterocycles. The van der Waals surface area contributed by atoms with Crippen LogP contribution in [-0.4, -0.2) is 15.0 Å². The zero-order valence-electron chi connectivity index (χ0n) is 30.6. The predicted octanol–water partition coefficient (Wildman–Crippen LogP) is 14.0. The van der Waals surface area contributed by atoms with Crippen LogP contribution in [0.1, 0.15) is 244 Å². The molecule has 0 amide bonds. The van der Waals surface area contributed by atoms with Crippen LogP contribution >= 0.6 is 0 Å². The molecule has 1 rings (SSSR count). The van der Waals surface area contributed by atoms with Crippen molar-refractivity contribution in [1.29, 1.82) is 0 Å². The van der Waals surface area contributed by atoms with E-state index in [4.69, 9.17) is 15.0 Å². The van der Waals surface area contributed by atoms with Gasteiger partial charge in [-0.05, 0) is 19.3 Å². The summed E-state index contributed by atoms with van der Waals surface area (Å²) < 4.78 is 0. The second-order valence-corrected chi connectivity index (χ2v) is 14.1. The Labute approximate surface area is 277 Å². The van der Waals surface area contributed by atoms with Gasteiger partial charge in [-0.1, -0.05) is 207 Å². The minimum absolute atomic E-state index is 1.01. The molecule has 1 heterocycles. The second kappa shape index (κ2) is 33.4. The molecular weight excluding hydrogens is 534 g/mol. The summed E-state index contributed by atoms with van der Waals surface area (Å²) in [7, 11) is 0. The monoisotopic (exact) mass is 614 g/mol. The largest absolute Gasteiger partial charge is 0.218 e. The molecule has 0 atom stereocenters. The molecule has 0 aromatic carbocycles. The minimum Gasteiger partial charge on any atom is -0.218 e. The van der Waals surface area contributed by atoms with E-state index < -0.39 is 0 Å². The van der Waals surface area contributed by atoms with Crippen molar-refractivity contribution < 1.29 is 0 Å². The van der Waals surface area contributed by atoms with Crippen LogP contribution in [0.3, 0.4) is 0 Å². The lowest BCUT2D eigenvalue weighted by Crippen LogP contribution is -2.08. The molecule has 3 heteroatoms. The molecule has 0 aliphatic rings. The van der Waals surface area contributed by atoms with E-state index in [1.165, 1.54) is 205 Å². The molecule has 0 spiro atoms. The molecule has 0 saturated heterocycles. The van der Waals surface area contributed by atoms with E-state index in [2.05, 4.69) is 20.8 Å². The summed E-state index contributed by atoms with van der Waals surface area (Å²) in [5.41, 5.74) is 0. The maximum Gasteiger partial charge on any atom is 0.132 e. The predicted molar refractivity (Wildman–Crippen MR) is 196 cm³/mol. The Morgan fingerprint density at radius 3 is 0.636 bits per heavy atom. The number of hydrogen-bond donors (Lipinski definition) is 0.